The topological polar surface area (TPSA) is 42.0 Å². The first-order chi connectivity index (χ1) is 9.26. The maximum atomic E-state index is 12.5. The Kier molecular flexibility index (Phi) is 4.68. The molecule has 3 nitrogen and oxygen atoms in total. The number of nitrogens with one attached hydrogen (secondary N) is 1. The van der Waals surface area contributed by atoms with Crippen LogP contribution in [-0.4, -0.2) is 17.3 Å². The normalized spacial score (nSPS) is 10.4. The highest BCUT2D eigenvalue weighted by molar-refractivity contribution is 7.17. The molecule has 0 spiro atoms. The van der Waals surface area contributed by atoms with E-state index in [1.54, 1.807) is 6.20 Å². The molecule has 4 heteroatoms. The summed E-state index contributed by atoms with van der Waals surface area (Å²) < 4.78 is 0. The van der Waals surface area contributed by atoms with Gasteiger partial charge in [0.25, 0.3) is 0 Å². The number of carbonyl (C=O) groups is 1. The number of thiazole rings is 1. The second kappa shape index (κ2) is 6.48. The monoisotopic (exact) mass is 274 g/mol. The molecule has 0 bridgehead atoms. The zero-order chi connectivity index (χ0) is 13.7. The highest BCUT2D eigenvalue weighted by Gasteiger charge is 2.15. The number of aryl methyl sites for hydroxylation is 1. The number of carbonyl (C=O) groups excluding carboxylic acids is 1. The van der Waals surface area contributed by atoms with Gasteiger partial charge in [-0.15, -0.1) is 0 Å². The van der Waals surface area contributed by atoms with Gasteiger partial charge in [0.2, 0.25) is 5.78 Å². The summed E-state index contributed by atoms with van der Waals surface area (Å²) in [6.07, 6.45) is 3.57. The molecule has 2 rings (SSSR count). The summed E-state index contributed by atoms with van der Waals surface area (Å²) in [5.41, 5.74) is 1.87. The van der Waals surface area contributed by atoms with Crippen LogP contribution in [0, 0.1) is 0 Å². The quantitative estimate of drug-likeness (QED) is 0.816. The minimum atomic E-state index is 0.0690. The van der Waals surface area contributed by atoms with Crippen LogP contribution in [0.3, 0.4) is 0 Å². The number of ketones is 1. The van der Waals surface area contributed by atoms with E-state index in [0.29, 0.717) is 4.88 Å². The Morgan fingerprint density at radius 1 is 1.32 bits per heavy atom. The van der Waals surface area contributed by atoms with E-state index < -0.39 is 0 Å². The van der Waals surface area contributed by atoms with Crippen LogP contribution in [0.15, 0.2) is 30.5 Å². The van der Waals surface area contributed by atoms with E-state index in [1.165, 1.54) is 11.3 Å². The molecule has 0 saturated heterocycles. The molecule has 100 valence electrons. The van der Waals surface area contributed by atoms with E-state index in [1.807, 2.05) is 24.3 Å². The van der Waals surface area contributed by atoms with Crippen molar-refractivity contribution in [3.63, 3.8) is 0 Å². The van der Waals surface area contributed by atoms with Crippen molar-refractivity contribution in [2.75, 3.05) is 11.9 Å². The molecule has 1 heterocycles. The molecule has 0 aliphatic rings. The number of benzene rings is 1. The van der Waals surface area contributed by atoms with Crippen molar-refractivity contribution in [1.29, 1.82) is 0 Å². The molecule has 0 saturated carbocycles. The largest absolute Gasteiger partial charge is 0.362 e. The van der Waals surface area contributed by atoms with Crippen LogP contribution in [0.1, 0.15) is 41.1 Å². The zero-order valence-electron chi connectivity index (χ0n) is 11.3. The van der Waals surface area contributed by atoms with Crippen molar-refractivity contribution in [3.05, 3.63) is 46.5 Å². The Balaban J connectivity index is 2.21. The number of nitrogens with zero attached hydrogens (tertiary/aromatic N) is 1. The molecule has 0 aliphatic carbocycles. The maximum Gasteiger partial charge on any atom is 0.204 e. The third-order valence-electron chi connectivity index (χ3n) is 2.90. The molecule has 0 fully saturated rings. The van der Waals surface area contributed by atoms with E-state index >= 15 is 0 Å². The van der Waals surface area contributed by atoms with Crippen molar-refractivity contribution in [2.45, 2.75) is 26.7 Å². The van der Waals surface area contributed by atoms with Crippen molar-refractivity contribution in [1.82, 2.24) is 4.98 Å². The van der Waals surface area contributed by atoms with Crippen molar-refractivity contribution in [2.24, 2.45) is 0 Å². The minimum Gasteiger partial charge on any atom is -0.362 e. The lowest BCUT2D eigenvalue weighted by Crippen LogP contribution is -2.02. The maximum absolute atomic E-state index is 12.5. The first kappa shape index (κ1) is 13.7. The lowest BCUT2D eigenvalue weighted by molar-refractivity contribution is 0.104. The third-order valence-corrected chi connectivity index (χ3v) is 3.85. The molecule has 0 amide bonds. The summed E-state index contributed by atoms with van der Waals surface area (Å²) in [6.45, 7) is 5.05. The second-order valence-electron chi connectivity index (χ2n) is 4.30. The van der Waals surface area contributed by atoms with Gasteiger partial charge in [-0.05, 0) is 18.4 Å². The average molecular weight is 274 g/mol. The summed E-state index contributed by atoms with van der Waals surface area (Å²) in [4.78, 5) is 17.4. The van der Waals surface area contributed by atoms with Crippen LogP contribution in [0.25, 0.3) is 0 Å². The number of hydrogen-bond acceptors (Lipinski definition) is 4. The molecule has 0 radical (unpaired) electrons. The van der Waals surface area contributed by atoms with Gasteiger partial charge in [-0.1, -0.05) is 49.4 Å². The Morgan fingerprint density at radius 3 is 2.84 bits per heavy atom. The van der Waals surface area contributed by atoms with E-state index in [0.717, 1.165) is 35.6 Å². The lowest BCUT2D eigenvalue weighted by atomic mass is 10.0. The fraction of sp³-hybridized carbons (Fsp3) is 0.333. The summed E-state index contributed by atoms with van der Waals surface area (Å²) >= 11 is 1.42. The smallest absolute Gasteiger partial charge is 0.204 e. The van der Waals surface area contributed by atoms with Gasteiger partial charge in [0.15, 0.2) is 5.13 Å². The van der Waals surface area contributed by atoms with Crippen LogP contribution < -0.4 is 5.32 Å². The summed E-state index contributed by atoms with van der Waals surface area (Å²) in [7, 11) is 0. The van der Waals surface area contributed by atoms with Crippen molar-refractivity contribution >= 4 is 22.3 Å². The highest BCUT2D eigenvalue weighted by Crippen LogP contribution is 2.23. The van der Waals surface area contributed by atoms with Crippen molar-refractivity contribution < 1.29 is 4.79 Å². The Morgan fingerprint density at radius 2 is 2.11 bits per heavy atom. The van der Waals surface area contributed by atoms with Crippen LogP contribution in [-0.2, 0) is 6.42 Å². The number of rotatable bonds is 6. The van der Waals surface area contributed by atoms with Crippen LogP contribution in [0.2, 0.25) is 0 Å². The first-order valence-corrected chi connectivity index (χ1v) is 7.40. The molecule has 1 aromatic carbocycles. The molecule has 0 atom stereocenters. The standard InChI is InChI=1S/C15H18N2OS/c1-3-9-16-15-17-10-13(19-15)14(18)12-8-6-5-7-11(12)4-2/h5-8,10H,3-4,9H2,1-2H3,(H,16,17). The SMILES string of the molecule is CCCNc1ncc(C(=O)c2ccccc2CC)s1. The molecular formula is C15H18N2OS. The molecule has 2 aromatic rings. The van der Waals surface area contributed by atoms with Crippen LogP contribution in [0.5, 0.6) is 0 Å². The van der Waals surface area contributed by atoms with E-state index in [9.17, 15) is 4.79 Å². The Bertz CT molecular complexity index is 563. The van der Waals surface area contributed by atoms with E-state index in [2.05, 4.69) is 24.1 Å². The highest BCUT2D eigenvalue weighted by atomic mass is 32.1. The van der Waals surface area contributed by atoms with Crippen LogP contribution in [0.4, 0.5) is 5.13 Å². The Hall–Kier alpha value is -1.68. The van der Waals surface area contributed by atoms with Gasteiger partial charge < -0.3 is 5.32 Å². The molecule has 0 unspecified atom stereocenters. The molecular weight excluding hydrogens is 256 g/mol. The summed E-state index contributed by atoms with van der Waals surface area (Å²) in [5, 5.41) is 4.02. The Labute approximate surface area is 117 Å². The molecule has 19 heavy (non-hydrogen) atoms. The predicted molar refractivity (Wildman–Crippen MR) is 80.1 cm³/mol. The van der Waals surface area contributed by atoms with Gasteiger partial charge in [0, 0.05) is 12.1 Å². The predicted octanol–water partition coefficient (Wildman–Crippen LogP) is 3.76. The lowest BCUT2D eigenvalue weighted by Gasteiger charge is -2.04. The summed E-state index contributed by atoms with van der Waals surface area (Å²) in [5.74, 6) is 0.0690. The molecule has 0 aliphatic heterocycles. The van der Waals surface area contributed by atoms with Gasteiger partial charge in [-0.2, -0.15) is 0 Å². The molecule has 1 N–H and O–H groups in total. The number of aromatic nitrogens is 1. The van der Waals surface area contributed by atoms with E-state index in [-0.39, 0.29) is 5.78 Å². The van der Waals surface area contributed by atoms with Gasteiger partial charge in [0.1, 0.15) is 0 Å². The fourth-order valence-electron chi connectivity index (χ4n) is 1.88. The van der Waals surface area contributed by atoms with Gasteiger partial charge in [-0.25, -0.2) is 4.98 Å². The second-order valence-corrected chi connectivity index (χ2v) is 5.33. The summed E-state index contributed by atoms with van der Waals surface area (Å²) in [6, 6.07) is 7.77. The average Bonchev–Trinajstić information content (AvgIpc) is 2.93. The van der Waals surface area contributed by atoms with Crippen molar-refractivity contribution in [3.8, 4) is 0 Å². The van der Waals surface area contributed by atoms with Crippen LogP contribution >= 0.6 is 11.3 Å². The van der Waals surface area contributed by atoms with Gasteiger partial charge in [-0.3, -0.25) is 4.79 Å². The van der Waals surface area contributed by atoms with Gasteiger partial charge in [0.05, 0.1) is 11.1 Å². The molecule has 1 aromatic heterocycles. The zero-order valence-corrected chi connectivity index (χ0v) is 12.1. The fourth-order valence-corrected chi connectivity index (χ4v) is 2.67. The van der Waals surface area contributed by atoms with E-state index in [4.69, 9.17) is 0 Å². The number of hydrogen-bond donors (Lipinski definition) is 1. The minimum absolute atomic E-state index is 0.0690. The first-order valence-electron chi connectivity index (χ1n) is 6.58. The third kappa shape index (κ3) is 3.20. The van der Waals surface area contributed by atoms with Gasteiger partial charge >= 0.3 is 0 Å². The number of anilines is 1.